The lowest BCUT2D eigenvalue weighted by Gasteiger charge is -2.19. The monoisotopic (exact) mass is 410 g/mol. The molecular formula is C17H19BrN2O3S. The lowest BCUT2D eigenvalue weighted by atomic mass is 10.1. The normalized spacial score (nSPS) is 14.0. The van der Waals surface area contributed by atoms with Crippen LogP contribution < -0.4 is 10.0 Å². The summed E-state index contributed by atoms with van der Waals surface area (Å²) in [4.78, 5) is 12.4. The van der Waals surface area contributed by atoms with E-state index in [1.54, 1.807) is 12.1 Å². The molecule has 0 bridgehead atoms. The van der Waals surface area contributed by atoms with E-state index in [1.807, 2.05) is 37.3 Å². The molecule has 0 aliphatic heterocycles. The van der Waals surface area contributed by atoms with Gasteiger partial charge in [-0.05, 0) is 43.7 Å². The fraction of sp³-hybridized carbons (Fsp3) is 0.235. The molecule has 128 valence electrons. The number of carbonyl (C=O) groups is 1. The lowest BCUT2D eigenvalue weighted by Crippen LogP contribution is -2.45. The van der Waals surface area contributed by atoms with Gasteiger partial charge in [-0.15, -0.1) is 0 Å². The van der Waals surface area contributed by atoms with E-state index >= 15 is 0 Å². The zero-order valence-electron chi connectivity index (χ0n) is 13.4. The molecule has 2 rings (SSSR count). The summed E-state index contributed by atoms with van der Waals surface area (Å²) in [7, 11) is -3.75. The zero-order chi connectivity index (χ0) is 17.7. The highest BCUT2D eigenvalue weighted by molar-refractivity contribution is 9.10. The molecule has 0 fully saturated rings. The summed E-state index contributed by atoms with van der Waals surface area (Å²) in [6.45, 7) is 3.37. The van der Waals surface area contributed by atoms with Crippen molar-refractivity contribution in [3.8, 4) is 0 Å². The third kappa shape index (κ3) is 4.90. The Morgan fingerprint density at radius 2 is 1.58 bits per heavy atom. The first-order valence-corrected chi connectivity index (χ1v) is 9.70. The topological polar surface area (TPSA) is 75.3 Å². The van der Waals surface area contributed by atoms with Gasteiger partial charge in [-0.3, -0.25) is 4.79 Å². The summed E-state index contributed by atoms with van der Waals surface area (Å²) in [5.41, 5.74) is 0.953. The summed E-state index contributed by atoms with van der Waals surface area (Å²) >= 11 is 3.26. The van der Waals surface area contributed by atoms with Crippen molar-refractivity contribution in [2.75, 3.05) is 0 Å². The van der Waals surface area contributed by atoms with Gasteiger partial charge in [0.2, 0.25) is 15.9 Å². The molecule has 2 atom stereocenters. The van der Waals surface area contributed by atoms with E-state index in [0.717, 1.165) is 10.0 Å². The van der Waals surface area contributed by atoms with Crippen molar-refractivity contribution in [3.63, 3.8) is 0 Å². The van der Waals surface area contributed by atoms with E-state index in [4.69, 9.17) is 0 Å². The molecule has 0 saturated heterocycles. The molecule has 0 saturated carbocycles. The van der Waals surface area contributed by atoms with Gasteiger partial charge >= 0.3 is 0 Å². The van der Waals surface area contributed by atoms with Crippen molar-refractivity contribution in [1.82, 2.24) is 10.0 Å². The molecule has 24 heavy (non-hydrogen) atoms. The lowest BCUT2D eigenvalue weighted by molar-refractivity contribution is -0.123. The first-order valence-electron chi connectivity index (χ1n) is 7.43. The Bertz CT molecular complexity index is 792. The maximum Gasteiger partial charge on any atom is 0.241 e. The molecule has 5 nitrogen and oxygen atoms in total. The molecule has 0 radical (unpaired) electrons. The van der Waals surface area contributed by atoms with E-state index in [-0.39, 0.29) is 16.8 Å². The number of carbonyl (C=O) groups excluding carboxylic acids is 1. The van der Waals surface area contributed by atoms with Gasteiger partial charge in [0, 0.05) is 4.47 Å². The van der Waals surface area contributed by atoms with Crippen molar-refractivity contribution in [3.05, 3.63) is 64.6 Å². The summed E-state index contributed by atoms with van der Waals surface area (Å²) in [5, 5.41) is 2.81. The van der Waals surface area contributed by atoms with Gasteiger partial charge < -0.3 is 5.32 Å². The van der Waals surface area contributed by atoms with Crippen LogP contribution in [0.5, 0.6) is 0 Å². The molecule has 0 aliphatic carbocycles. The first kappa shape index (κ1) is 18.6. The number of nitrogens with one attached hydrogen (secondary N) is 2. The summed E-state index contributed by atoms with van der Waals surface area (Å²) < 4.78 is 27.8. The molecule has 0 aromatic heterocycles. The Hall–Kier alpha value is -1.70. The van der Waals surface area contributed by atoms with Gasteiger partial charge in [-0.1, -0.05) is 46.3 Å². The molecule has 0 aliphatic rings. The largest absolute Gasteiger partial charge is 0.348 e. The summed E-state index contributed by atoms with van der Waals surface area (Å²) in [6.07, 6.45) is 0. The molecule has 2 aromatic carbocycles. The maximum absolute atomic E-state index is 12.3. The van der Waals surface area contributed by atoms with E-state index in [2.05, 4.69) is 26.0 Å². The Labute approximate surface area is 150 Å². The molecule has 0 unspecified atom stereocenters. The van der Waals surface area contributed by atoms with Gasteiger partial charge in [0.25, 0.3) is 0 Å². The first-order chi connectivity index (χ1) is 11.3. The zero-order valence-corrected chi connectivity index (χ0v) is 15.8. The van der Waals surface area contributed by atoms with E-state index in [9.17, 15) is 13.2 Å². The van der Waals surface area contributed by atoms with Gasteiger partial charge in [0.05, 0.1) is 17.0 Å². The Kier molecular flexibility index (Phi) is 6.15. The van der Waals surface area contributed by atoms with Crippen molar-refractivity contribution in [2.24, 2.45) is 0 Å². The fourth-order valence-corrected chi connectivity index (χ4v) is 3.60. The van der Waals surface area contributed by atoms with Crippen LogP contribution >= 0.6 is 15.9 Å². The van der Waals surface area contributed by atoms with E-state index < -0.39 is 16.1 Å². The van der Waals surface area contributed by atoms with Crippen LogP contribution in [0.4, 0.5) is 0 Å². The Morgan fingerprint density at radius 1 is 1.00 bits per heavy atom. The number of hydrogen-bond donors (Lipinski definition) is 2. The second kappa shape index (κ2) is 7.92. The van der Waals surface area contributed by atoms with Crippen LogP contribution in [0.2, 0.25) is 0 Å². The molecule has 1 amide bonds. The molecule has 2 N–H and O–H groups in total. The predicted octanol–water partition coefficient (Wildman–Crippen LogP) is 2.99. The molecule has 2 aromatic rings. The third-order valence-electron chi connectivity index (χ3n) is 3.51. The number of benzene rings is 2. The van der Waals surface area contributed by atoms with Gasteiger partial charge in [-0.25, -0.2) is 8.42 Å². The third-order valence-corrected chi connectivity index (χ3v) is 5.59. The van der Waals surface area contributed by atoms with E-state index in [0.29, 0.717) is 0 Å². The second-order valence-electron chi connectivity index (χ2n) is 5.44. The van der Waals surface area contributed by atoms with Crippen molar-refractivity contribution >= 4 is 31.9 Å². The Balaban J connectivity index is 2.02. The average molecular weight is 411 g/mol. The fourth-order valence-electron chi connectivity index (χ4n) is 2.13. The van der Waals surface area contributed by atoms with Crippen LogP contribution in [0.3, 0.4) is 0 Å². The summed E-state index contributed by atoms with van der Waals surface area (Å²) in [5.74, 6) is -0.382. The number of sulfonamides is 1. The van der Waals surface area contributed by atoms with Crippen LogP contribution in [-0.4, -0.2) is 20.4 Å². The van der Waals surface area contributed by atoms with E-state index in [1.165, 1.54) is 19.1 Å². The number of hydrogen-bond acceptors (Lipinski definition) is 3. The quantitative estimate of drug-likeness (QED) is 0.768. The Morgan fingerprint density at radius 3 is 2.17 bits per heavy atom. The highest BCUT2D eigenvalue weighted by atomic mass is 79.9. The average Bonchev–Trinajstić information content (AvgIpc) is 2.55. The van der Waals surface area contributed by atoms with Crippen molar-refractivity contribution in [1.29, 1.82) is 0 Å². The van der Waals surface area contributed by atoms with Gasteiger partial charge in [0.15, 0.2) is 0 Å². The minimum Gasteiger partial charge on any atom is -0.348 e. The standard InChI is InChI=1S/C17H19BrN2O3S/c1-12(14-6-4-3-5-7-14)19-17(21)13(2)20-24(22,23)16-10-8-15(18)9-11-16/h3-13,20H,1-2H3,(H,19,21)/t12-,13+/m1/s1. The minimum atomic E-state index is -3.75. The molecule has 0 heterocycles. The SMILES string of the molecule is C[C@H](NS(=O)(=O)c1ccc(Br)cc1)C(=O)N[C@H](C)c1ccccc1. The van der Waals surface area contributed by atoms with Gasteiger partial charge in [-0.2, -0.15) is 4.72 Å². The van der Waals surface area contributed by atoms with Crippen LogP contribution in [0.1, 0.15) is 25.5 Å². The van der Waals surface area contributed by atoms with Crippen molar-refractivity contribution < 1.29 is 13.2 Å². The van der Waals surface area contributed by atoms with Crippen LogP contribution in [0, 0.1) is 0 Å². The minimum absolute atomic E-state index is 0.112. The molecule has 7 heteroatoms. The number of amides is 1. The number of rotatable bonds is 6. The second-order valence-corrected chi connectivity index (χ2v) is 8.07. The molecule has 0 spiro atoms. The van der Waals surface area contributed by atoms with Crippen LogP contribution in [0.15, 0.2) is 64.0 Å². The maximum atomic E-state index is 12.3. The number of halogens is 1. The predicted molar refractivity (Wildman–Crippen MR) is 96.9 cm³/mol. The van der Waals surface area contributed by atoms with Gasteiger partial charge in [0.1, 0.15) is 0 Å². The highest BCUT2D eigenvalue weighted by Crippen LogP contribution is 2.15. The molecular weight excluding hydrogens is 392 g/mol. The van der Waals surface area contributed by atoms with Crippen LogP contribution in [0.25, 0.3) is 0 Å². The van der Waals surface area contributed by atoms with Crippen molar-refractivity contribution in [2.45, 2.75) is 30.8 Å². The smallest absolute Gasteiger partial charge is 0.241 e. The van der Waals surface area contributed by atoms with Crippen LogP contribution in [-0.2, 0) is 14.8 Å². The summed E-state index contributed by atoms with van der Waals surface area (Å²) in [6, 6.07) is 14.6. The highest BCUT2D eigenvalue weighted by Gasteiger charge is 2.23.